The Kier molecular flexibility index (Phi) is 6.70. The number of carbonyl (C=O) groups excluding carboxylic acids is 1. The molecule has 0 fully saturated rings. The molecular formula is C23H18Cl2N2O3S. The number of fused-ring (bicyclic) bond motifs is 1. The van der Waals surface area contributed by atoms with E-state index in [1.807, 2.05) is 30.3 Å². The van der Waals surface area contributed by atoms with Crippen molar-refractivity contribution in [3.63, 3.8) is 0 Å². The van der Waals surface area contributed by atoms with E-state index in [1.165, 1.54) is 11.8 Å². The minimum absolute atomic E-state index is 0.123. The summed E-state index contributed by atoms with van der Waals surface area (Å²) < 4.78 is 12.4. The highest BCUT2D eigenvalue weighted by Crippen LogP contribution is 2.30. The maximum atomic E-state index is 13.1. The third-order valence-electron chi connectivity index (χ3n) is 4.57. The smallest absolute Gasteiger partial charge is 0.271 e. The number of hydrogen-bond acceptors (Lipinski definition) is 5. The lowest BCUT2D eigenvalue weighted by Crippen LogP contribution is -2.20. The van der Waals surface area contributed by atoms with Crippen molar-refractivity contribution in [1.29, 1.82) is 0 Å². The van der Waals surface area contributed by atoms with Crippen LogP contribution in [-0.4, -0.2) is 29.2 Å². The normalized spacial score (nSPS) is 10.9. The van der Waals surface area contributed by atoms with Crippen LogP contribution in [0.3, 0.4) is 0 Å². The fraction of sp³-hybridized carbons (Fsp3) is 0.130. The number of nitrogens with zero attached hydrogens (tertiary/aromatic N) is 2. The number of methoxy groups -OCH3 is 1. The zero-order valence-electron chi connectivity index (χ0n) is 16.5. The highest BCUT2D eigenvalue weighted by atomic mass is 35.5. The molecule has 4 rings (SSSR count). The number of hydrogen-bond donors (Lipinski definition) is 0. The van der Waals surface area contributed by atoms with E-state index in [0.717, 1.165) is 22.3 Å². The van der Waals surface area contributed by atoms with Gasteiger partial charge in [-0.2, -0.15) is 0 Å². The molecule has 1 heterocycles. The molecule has 31 heavy (non-hydrogen) atoms. The predicted octanol–water partition coefficient (Wildman–Crippen LogP) is 6.36. The lowest BCUT2D eigenvalue weighted by Gasteiger charge is -2.10. The maximum absolute atomic E-state index is 13.1. The summed E-state index contributed by atoms with van der Waals surface area (Å²) in [5.74, 6) is 1.64. The molecule has 0 aliphatic rings. The number of thioether (sulfide) groups is 1. The Balaban J connectivity index is 1.55. The van der Waals surface area contributed by atoms with Gasteiger partial charge in [-0.25, -0.2) is 4.98 Å². The lowest BCUT2D eigenvalue weighted by molar-refractivity contribution is 0.0832. The number of ether oxygens (including phenoxy) is 2. The molecule has 1 aromatic heterocycles. The first-order valence-corrected chi connectivity index (χ1v) is 11.1. The van der Waals surface area contributed by atoms with Gasteiger partial charge in [-0.1, -0.05) is 53.2 Å². The Morgan fingerprint density at radius 2 is 1.77 bits per heavy atom. The zero-order chi connectivity index (χ0) is 21.8. The first kappa shape index (κ1) is 21.6. The standard InChI is InChI=1S/C23H18Cl2N2O3S/c1-29-17-8-10-18(11-9-17)30-13-22(28)27-21-5-3-2-4-20(21)26-23(27)31-14-15-6-7-16(24)12-19(15)25/h2-12H,13-14H2,1H3. The molecule has 0 saturated heterocycles. The quantitative estimate of drug-likeness (QED) is 0.292. The Labute approximate surface area is 193 Å². The lowest BCUT2D eigenvalue weighted by atomic mass is 10.2. The van der Waals surface area contributed by atoms with E-state index < -0.39 is 0 Å². The van der Waals surface area contributed by atoms with Crippen LogP contribution in [0.5, 0.6) is 11.5 Å². The summed E-state index contributed by atoms with van der Waals surface area (Å²) in [7, 11) is 1.60. The second-order valence-corrected chi connectivity index (χ2v) is 8.39. The Hall–Kier alpha value is -2.67. The van der Waals surface area contributed by atoms with E-state index >= 15 is 0 Å². The molecular weight excluding hydrogens is 455 g/mol. The van der Waals surface area contributed by atoms with Gasteiger partial charge in [0.15, 0.2) is 11.8 Å². The number of para-hydroxylation sites is 2. The first-order chi connectivity index (χ1) is 15.0. The van der Waals surface area contributed by atoms with Gasteiger partial charge in [0.25, 0.3) is 5.91 Å². The van der Waals surface area contributed by atoms with Crippen LogP contribution in [-0.2, 0) is 5.75 Å². The second-order valence-electron chi connectivity index (χ2n) is 6.60. The van der Waals surface area contributed by atoms with Gasteiger partial charge >= 0.3 is 0 Å². The number of halogens is 2. The molecule has 0 amide bonds. The summed E-state index contributed by atoms with van der Waals surface area (Å²) in [5.41, 5.74) is 2.39. The van der Waals surface area contributed by atoms with Crippen LogP contribution in [0.4, 0.5) is 0 Å². The van der Waals surface area contributed by atoms with Gasteiger partial charge in [-0.3, -0.25) is 9.36 Å². The number of aromatic nitrogens is 2. The van der Waals surface area contributed by atoms with Crippen molar-refractivity contribution in [3.8, 4) is 11.5 Å². The molecule has 5 nitrogen and oxygen atoms in total. The van der Waals surface area contributed by atoms with Gasteiger partial charge in [-0.15, -0.1) is 0 Å². The van der Waals surface area contributed by atoms with Gasteiger partial charge in [0.2, 0.25) is 0 Å². The first-order valence-electron chi connectivity index (χ1n) is 9.39. The molecule has 4 aromatic rings. The molecule has 3 aromatic carbocycles. The van der Waals surface area contributed by atoms with Gasteiger partial charge in [-0.05, 0) is 54.1 Å². The number of imidazole rings is 1. The van der Waals surface area contributed by atoms with Crippen LogP contribution in [0.1, 0.15) is 10.4 Å². The Morgan fingerprint density at radius 3 is 2.52 bits per heavy atom. The summed E-state index contributed by atoms with van der Waals surface area (Å²) in [5, 5.41) is 1.74. The van der Waals surface area contributed by atoms with Gasteiger partial charge in [0.1, 0.15) is 11.5 Å². The molecule has 0 N–H and O–H groups in total. The highest BCUT2D eigenvalue weighted by Gasteiger charge is 2.18. The average molecular weight is 473 g/mol. The van der Waals surface area contributed by atoms with E-state index in [-0.39, 0.29) is 12.5 Å². The van der Waals surface area contributed by atoms with Crippen molar-refractivity contribution in [2.45, 2.75) is 10.9 Å². The second kappa shape index (κ2) is 9.64. The van der Waals surface area contributed by atoms with Crippen LogP contribution in [0.25, 0.3) is 11.0 Å². The number of carbonyl (C=O) groups is 1. The van der Waals surface area contributed by atoms with Crippen molar-refractivity contribution < 1.29 is 14.3 Å². The van der Waals surface area contributed by atoms with Gasteiger partial charge in [0, 0.05) is 15.8 Å². The molecule has 0 bridgehead atoms. The average Bonchev–Trinajstić information content (AvgIpc) is 3.15. The van der Waals surface area contributed by atoms with Crippen molar-refractivity contribution in [2.24, 2.45) is 0 Å². The summed E-state index contributed by atoms with van der Waals surface area (Å²) in [6.07, 6.45) is 0. The Morgan fingerprint density at radius 1 is 1.03 bits per heavy atom. The van der Waals surface area contributed by atoms with Crippen molar-refractivity contribution in [2.75, 3.05) is 13.7 Å². The zero-order valence-corrected chi connectivity index (χ0v) is 18.9. The highest BCUT2D eigenvalue weighted by molar-refractivity contribution is 7.98. The minimum Gasteiger partial charge on any atom is -0.497 e. The van der Waals surface area contributed by atoms with Gasteiger partial charge in [0.05, 0.1) is 18.1 Å². The maximum Gasteiger partial charge on any atom is 0.271 e. The van der Waals surface area contributed by atoms with Gasteiger partial charge < -0.3 is 9.47 Å². The molecule has 0 radical (unpaired) electrons. The van der Waals surface area contributed by atoms with Crippen molar-refractivity contribution >= 4 is 51.9 Å². The predicted molar refractivity (Wildman–Crippen MR) is 125 cm³/mol. The van der Waals surface area contributed by atoms with Crippen LogP contribution >= 0.6 is 35.0 Å². The van der Waals surface area contributed by atoms with Crippen LogP contribution in [0.2, 0.25) is 10.0 Å². The van der Waals surface area contributed by atoms with E-state index in [0.29, 0.717) is 26.7 Å². The number of rotatable bonds is 7. The largest absolute Gasteiger partial charge is 0.497 e. The fourth-order valence-electron chi connectivity index (χ4n) is 3.00. The van der Waals surface area contributed by atoms with Crippen molar-refractivity contribution in [3.05, 3.63) is 82.3 Å². The Bertz CT molecular complexity index is 1230. The van der Waals surface area contributed by atoms with Crippen LogP contribution in [0.15, 0.2) is 71.9 Å². The van der Waals surface area contributed by atoms with E-state index in [2.05, 4.69) is 4.98 Å². The molecule has 0 atom stereocenters. The SMILES string of the molecule is COc1ccc(OCC(=O)n2c(SCc3ccc(Cl)cc3Cl)nc3ccccc32)cc1. The third-order valence-corrected chi connectivity index (χ3v) is 6.15. The monoisotopic (exact) mass is 472 g/mol. The summed E-state index contributed by atoms with van der Waals surface area (Å²) in [4.78, 5) is 17.7. The molecule has 0 spiro atoms. The van der Waals surface area contributed by atoms with Crippen LogP contribution < -0.4 is 9.47 Å². The summed E-state index contributed by atoms with van der Waals surface area (Å²) in [6, 6.07) is 20.0. The van der Waals surface area contributed by atoms with E-state index in [1.54, 1.807) is 48.1 Å². The van der Waals surface area contributed by atoms with Crippen molar-refractivity contribution in [1.82, 2.24) is 9.55 Å². The molecule has 158 valence electrons. The minimum atomic E-state index is -0.214. The third kappa shape index (κ3) is 4.98. The summed E-state index contributed by atoms with van der Waals surface area (Å²) >= 11 is 13.7. The molecule has 0 aliphatic carbocycles. The molecule has 0 aliphatic heterocycles. The van der Waals surface area contributed by atoms with E-state index in [9.17, 15) is 4.79 Å². The molecule has 8 heteroatoms. The number of benzene rings is 3. The van der Waals surface area contributed by atoms with Crippen LogP contribution in [0, 0.1) is 0 Å². The van der Waals surface area contributed by atoms with E-state index in [4.69, 9.17) is 32.7 Å². The molecule has 0 unspecified atom stereocenters. The fourth-order valence-corrected chi connectivity index (χ4v) is 4.59. The summed E-state index contributed by atoms with van der Waals surface area (Å²) in [6.45, 7) is -0.123. The topological polar surface area (TPSA) is 53.4 Å². The molecule has 0 saturated carbocycles.